The van der Waals surface area contributed by atoms with Crippen LogP contribution in [0.3, 0.4) is 0 Å². The van der Waals surface area contributed by atoms with Crippen LogP contribution in [0.2, 0.25) is 0 Å². The molecule has 2 aromatic rings. The van der Waals surface area contributed by atoms with Crippen LogP contribution in [0.5, 0.6) is 0 Å². The molecule has 168 valence electrons. The number of nitro groups is 1. The van der Waals surface area contributed by atoms with E-state index in [9.17, 15) is 24.5 Å². The van der Waals surface area contributed by atoms with E-state index in [1.165, 1.54) is 24.3 Å². The molecule has 1 aliphatic rings. The highest BCUT2D eigenvalue weighted by Crippen LogP contribution is 2.29. The highest BCUT2D eigenvalue weighted by atomic mass is 16.6. The van der Waals surface area contributed by atoms with Crippen molar-refractivity contribution in [2.75, 3.05) is 6.61 Å². The van der Waals surface area contributed by atoms with Gasteiger partial charge < -0.3 is 9.15 Å². The second-order valence-corrected chi connectivity index (χ2v) is 6.81. The van der Waals surface area contributed by atoms with Crippen LogP contribution in [0.4, 0.5) is 10.5 Å². The zero-order valence-corrected chi connectivity index (χ0v) is 17.4. The fraction of sp³-hybridized carbons (Fsp3) is 0.300. The average Bonchev–Trinajstić information content (AvgIpc) is 3.13. The molecule has 0 unspecified atom stereocenters. The van der Waals surface area contributed by atoms with Gasteiger partial charge in [0.05, 0.1) is 17.2 Å². The lowest BCUT2D eigenvalue weighted by Crippen LogP contribution is -2.41. The minimum absolute atomic E-state index is 0.00438. The number of carbonyl (C=O) groups excluding carboxylic acids is 3. The van der Waals surface area contributed by atoms with Gasteiger partial charge in [0.2, 0.25) is 0 Å². The maximum absolute atomic E-state index is 12.6. The number of hydrogen-bond donors (Lipinski definition) is 3. The fourth-order valence-corrected chi connectivity index (χ4v) is 3.25. The molecule has 1 aromatic heterocycles. The highest BCUT2D eigenvalue weighted by molar-refractivity contribution is 6.07. The Balaban J connectivity index is 1.70. The number of carbonyl (C=O) groups is 3. The highest BCUT2D eigenvalue weighted by Gasteiger charge is 2.28. The summed E-state index contributed by atoms with van der Waals surface area (Å²) < 4.78 is 10.5. The third-order valence-corrected chi connectivity index (χ3v) is 4.72. The Morgan fingerprint density at radius 2 is 1.84 bits per heavy atom. The third-order valence-electron chi connectivity index (χ3n) is 4.72. The third kappa shape index (κ3) is 4.91. The molecule has 1 aliphatic carbocycles. The van der Waals surface area contributed by atoms with Gasteiger partial charge in [-0.15, -0.1) is 0 Å². The number of fused-ring (bicyclic) bond motifs is 1. The summed E-state index contributed by atoms with van der Waals surface area (Å²) in [6.07, 6.45) is 1.22. The second kappa shape index (κ2) is 9.73. The first kappa shape index (κ1) is 22.5. The maximum Gasteiger partial charge on any atom is 0.427 e. The fourth-order valence-electron chi connectivity index (χ4n) is 3.25. The van der Waals surface area contributed by atoms with Crippen molar-refractivity contribution in [3.63, 3.8) is 0 Å². The molecule has 1 aromatic carbocycles. The number of hydrazone groups is 1. The summed E-state index contributed by atoms with van der Waals surface area (Å²) in [7, 11) is 0. The van der Waals surface area contributed by atoms with Crippen molar-refractivity contribution in [2.24, 2.45) is 5.10 Å². The van der Waals surface area contributed by atoms with E-state index < -0.39 is 22.8 Å². The predicted octanol–water partition coefficient (Wildman–Crippen LogP) is 2.36. The SMILES string of the molecule is CCOC(=O)N/N=C1\CCCc2oc(C(=O)NNC(=O)c3ccc([N+](=O)[O-])cc3)c(C)c21. The lowest BCUT2D eigenvalue weighted by Gasteiger charge is -2.13. The number of hydrogen-bond acceptors (Lipinski definition) is 8. The van der Waals surface area contributed by atoms with Crippen LogP contribution in [-0.4, -0.2) is 35.1 Å². The van der Waals surface area contributed by atoms with Gasteiger partial charge in [-0.1, -0.05) is 0 Å². The van der Waals surface area contributed by atoms with E-state index in [1.807, 2.05) is 0 Å². The standard InChI is InChI=1S/C20H21N5O7/c1-3-31-20(28)24-21-14-5-4-6-15-16(14)11(2)17(32-15)19(27)23-22-18(26)12-7-9-13(10-8-12)25(29)30/h7-10H,3-6H2,1-2H3,(H,22,26)(H,23,27)(H,24,28)/b21-14+. The first-order valence-electron chi connectivity index (χ1n) is 9.78. The molecule has 1 heterocycles. The van der Waals surface area contributed by atoms with Crippen LogP contribution in [0, 0.1) is 17.0 Å². The minimum atomic E-state index is -0.680. The molecule has 12 heteroatoms. The molecule has 0 saturated heterocycles. The van der Waals surface area contributed by atoms with E-state index in [1.54, 1.807) is 13.8 Å². The number of benzene rings is 1. The summed E-state index contributed by atoms with van der Waals surface area (Å²) in [4.78, 5) is 46.4. The molecule has 0 spiro atoms. The first-order valence-corrected chi connectivity index (χ1v) is 9.78. The average molecular weight is 443 g/mol. The number of hydrazine groups is 1. The van der Waals surface area contributed by atoms with Crippen LogP contribution in [-0.2, 0) is 11.2 Å². The molecular formula is C20H21N5O7. The Kier molecular flexibility index (Phi) is 6.83. The van der Waals surface area contributed by atoms with Gasteiger partial charge in [-0.2, -0.15) is 5.10 Å². The molecule has 3 rings (SSSR count). The van der Waals surface area contributed by atoms with E-state index in [0.717, 1.165) is 6.42 Å². The summed E-state index contributed by atoms with van der Waals surface area (Å²) in [6, 6.07) is 4.92. The zero-order chi connectivity index (χ0) is 23.3. The van der Waals surface area contributed by atoms with Gasteiger partial charge >= 0.3 is 12.0 Å². The van der Waals surface area contributed by atoms with E-state index in [4.69, 9.17) is 9.15 Å². The number of non-ortho nitro benzene ring substituents is 1. The molecule has 3 amide bonds. The molecule has 0 atom stereocenters. The smallest absolute Gasteiger partial charge is 0.427 e. The second-order valence-electron chi connectivity index (χ2n) is 6.81. The molecule has 0 aliphatic heterocycles. The lowest BCUT2D eigenvalue weighted by atomic mass is 9.93. The van der Waals surface area contributed by atoms with E-state index >= 15 is 0 Å². The number of ether oxygens (including phenoxy) is 1. The van der Waals surface area contributed by atoms with Crippen LogP contribution < -0.4 is 16.3 Å². The summed E-state index contributed by atoms with van der Waals surface area (Å²) in [5, 5.41) is 14.8. The van der Waals surface area contributed by atoms with Crippen molar-refractivity contribution in [1.82, 2.24) is 16.3 Å². The number of rotatable bonds is 5. The minimum Gasteiger partial charge on any atom is -0.455 e. The molecule has 0 saturated carbocycles. The molecule has 0 radical (unpaired) electrons. The lowest BCUT2D eigenvalue weighted by molar-refractivity contribution is -0.384. The van der Waals surface area contributed by atoms with Gasteiger partial charge in [-0.05, 0) is 38.8 Å². The van der Waals surface area contributed by atoms with Crippen molar-refractivity contribution in [2.45, 2.75) is 33.1 Å². The largest absolute Gasteiger partial charge is 0.455 e. The summed E-state index contributed by atoms with van der Waals surface area (Å²) >= 11 is 0. The number of furan rings is 1. The Labute approximate surface area is 182 Å². The molecule has 3 N–H and O–H groups in total. The van der Waals surface area contributed by atoms with Crippen molar-refractivity contribution in [1.29, 1.82) is 0 Å². The molecule has 0 bridgehead atoms. The molecule has 32 heavy (non-hydrogen) atoms. The van der Waals surface area contributed by atoms with Gasteiger partial charge in [0, 0.05) is 35.2 Å². The number of nitro benzene ring substituents is 1. The van der Waals surface area contributed by atoms with Crippen molar-refractivity contribution in [3.05, 3.63) is 62.6 Å². The van der Waals surface area contributed by atoms with Crippen LogP contribution >= 0.6 is 0 Å². The topological polar surface area (TPSA) is 165 Å². The number of amides is 3. The van der Waals surface area contributed by atoms with Crippen molar-refractivity contribution >= 4 is 29.3 Å². The Bertz CT molecular complexity index is 1090. The van der Waals surface area contributed by atoms with E-state index in [0.29, 0.717) is 35.4 Å². The maximum atomic E-state index is 12.6. The van der Waals surface area contributed by atoms with Gasteiger partial charge in [0.15, 0.2) is 5.76 Å². The van der Waals surface area contributed by atoms with Gasteiger partial charge in [-0.3, -0.25) is 30.6 Å². The zero-order valence-electron chi connectivity index (χ0n) is 17.4. The molecule has 12 nitrogen and oxygen atoms in total. The predicted molar refractivity (Wildman–Crippen MR) is 111 cm³/mol. The van der Waals surface area contributed by atoms with Crippen LogP contribution in [0.15, 0.2) is 33.8 Å². The normalized spacial score (nSPS) is 13.8. The summed E-state index contributed by atoms with van der Waals surface area (Å²) in [5.41, 5.74) is 8.53. The van der Waals surface area contributed by atoms with Crippen LogP contribution in [0.1, 0.15) is 57.6 Å². The monoisotopic (exact) mass is 443 g/mol. The van der Waals surface area contributed by atoms with Gasteiger partial charge in [0.25, 0.3) is 11.6 Å². The van der Waals surface area contributed by atoms with Crippen molar-refractivity contribution in [3.8, 4) is 0 Å². The Morgan fingerprint density at radius 3 is 2.50 bits per heavy atom. The van der Waals surface area contributed by atoms with E-state index in [-0.39, 0.29) is 23.6 Å². The molecular weight excluding hydrogens is 422 g/mol. The number of nitrogens with one attached hydrogen (secondary N) is 3. The number of aryl methyl sites for hydroxylation is 1. The van der Waals surface area contributed by atoms with Gasteiger partial charge in [-0.25, -0.2) is 10.2 Å². The Hall–Kier alpha value is -4.22. The summed E-state index contributed by atoms with van der Waals surface area (Å²) in [6.45, 7) is 3.57. The van der Waals surface area contributed by atoms with Gasteiger partial charge in [0.1, 0.15) is 5.76 Å². The Morgan fingerprint density at radius 1 is 1.16 bits per heavy atom. The van der Waals surface area contributed by atoms with Crippen LogP contribution in [0.25, 0.3) is 0 Å². The first-order chi connectivity index (χ1) is 15.3. The quantitative estimate of drug-likeness (QED) is 0.471. The summed E-state index contributed by atoms with van der Waals surface area (Å²) in [5.74, 6) is -0.761. The number of nitrogens with zero attached hydrogens (tertiary/aromatic N) is 2. The van der Waals surface area contributed by atoms with E-state index in [2.05, 4.69) is 21.4 Å². The molecule has 0 fully saturated rings. The van der Waals surface area contributed by atoms with Crippen molar-refractivity contribution < 1.29 is 28.5 Å².